The maximum atomic E-state index is 5.30. The van der Waals surface area contributed by atoms with Gasteiger partial charge in [-0.25, -0.2) is 0 Å². The van der Waals surface area contributed by atoms with Gasteiger partial charge in [-0.05, 0) is 6.42 Å². The van der Waals surface area contributed by atoms with Gasteiger partial charge in [-0.3, -0.25) is 0 Å². The molecule has 2 nitrogen and oxygen atoms in total. The summed E-state index contributed by atoms with van der Waals surface area (Å²) in [4.78, 5) is 0. The van der Waals surface area contributed by atoms with Crippen molar-refractivity contribution in [2.75, 3.05) is 19.8 Å². The largest absolute Gasteiger partial charge is 0.376 e. The van der Waals surface area contributed by atoms with Crippen molar-refractivity contribution in [2.45, 2.75) is 47.1 Å². The Morgan fingerprint density at radius 3 is 1.92 bits per heavy atom. The summed E-state index contributed by atoms with van der Waals surface area (Å²) >= 11 is 0. The molecule has 0 aliphatic carbocycles. The van der Waals surface area contributed by atoms with E-state index in [2.05, 4.69) is 6.92 Å². The third-order valence-electron chi connectivity index (χ3n) is 1.34. The lowest BCUT2D eigenvalue weighted by Gasteiger charge is -2.20. The average molecular weight is 176 g/mol. The highest BCUT2D eigenvalue weighted by Gasteiger charge is 2.10. The van der Waals surface area contributed by atoms with Crippen molar-refractivity contribution >= 4 is 0 Å². The minimum atomic E-state index is 0.365. The van der Waals surface area contributed by atoms with E-state index in [1.54, 1.807) is 0 Å². The predicted octanol–water partition coefficient (Wildman–Crippen LogP) is 2.86. The Balaban J connectivity index is 0. The highest BCUT2D eigenvalue weighted by Crippen LogP contribution is 2.02. The zero-order chi connectivity index (χ0) is 9.82. The first-order valence-electron chi connectivity index (χ1n) is 5.13. The van der Waals surface area contributed by atoms with Crippen molar-refractivity contribution in [1.82, 2.24) is 0 Å². The highest BCUT2D eigenvalue weighted by atomic mass is 16.6. The molecule has 1 unspecified atom stereocenters. The Morgan fingerprint density at radius 2 is 1.67 bits per heavy atom. The maximum Gasteiger partial charge on any atom is 0.0807 e. The van der Waals surface area contributed by atoms with E-state index >= 15 is 0 Å². The number of rotatable bonds is 1. The van der Waals surface area contributed by atoms with Crippen LogP contribution in [0, 0.1) is 0 Å². The summed E-state index contributed by atoms with van der Waals surface area (Å²) in [7, 11) is 0. The third-order valence-corrected chi connectivity index (χ3v) is 1.34. The normalized spacial score (nSPS) is 21.2. The van der Waals surface area contributed by atoms with E-state index in [4.69, 9.17) is 9.47 Å². The van der Waals surface area contributed by atoms with E-state index in [0.717, 1.165) is 26.2 Å². The quantitative estimate of drug-likeness (QED) is 0.611. The molecule has 0 aromatic rings. The molecule has 0 N–H and O–H groups in total. The van der Waals surface area contributed by atoms with E-state index < -0.39 is 0 Å². The molecule has 0 saturated carbocycles. The van der Waals surface area contributed by atoms with Crippen LogP contribution in [-0.2, 0) is 9.47 Å². The van der Waals surface area contributed by atoms with Crippen molar-refractivity contribution in [3.8, 4) is 0 Å². The van der Waals surface area contributed by atoms with Crippen molar-refractivity contribution in [3.63, 3.8) is 0 Å². The molecule has 0 bridgehead atoms. The predicted molar refractivity (Wildman–Crippen MR) is 53.5 cm³/mol. The van der Waals surface area contributed by atoms with Crippen molar-refractivity contribution < 1.29 is 9.47 Å². The standard InChI is InChI=1S/C6H12O2.2C2H6/c1-2-6-5-7-3-4-8-6;2*1-2/h6H,2-5H2,1H3;2*1-2H3. The second-order valence-electron chi connectivity index (χ2n) is 1.98. The van der Waals surface area contributed by atoms with Gasteiger partial charge in [0.1, 0.15) is 0 Å². The summed E-state index contributed by atoms with van der Waals surface area (Å²) in [6.07, 6.45) is 1.43. The SMILES string of the molecule is CC.CC.CCC1COCCO1. The maximum absolute atomic E-state index is 5.30. The van der Waals surface area contributed by atoms with Crippen LogP contribution in [0.2, 0.25) is 0 Å². The summed E-state index contributed by atoms with van der Waals surface area (Å²) < 4.78 is 10.5. The van der Waals surface area contributed by atoms with E-state index in [0.29, 0.717) is 6.10 Å². The fourth-order valence-corrected chi connectivity index (χ4v) is 0.772. The van der Waals surface area contributed by atoms with Crippen LogP contribution in [0.25, 0.3) is 0 Å². The molecule has 1 aliphatic heterocycles. The van der Waals surface area contributed by atoms with Crippen molar-refractivity contribution in [3.05, 3.63) is 0 Å². The Kier molecular flexibility index (Phi) is 16.3. The topological polar surface area (TPSA) is 18.5 Å². The molecular weight excluding hydrogens is 152 g/mol. The third kappa shape index (κ3) is 8.02. The second kappa shape index (κ2) is 13.5. The molecule has 0 amide bonds. The molecule has 0 radical (unpaired) electrons. The Hall–Kier alpha value is -0.0800. The number of hydrogen-bond acceptors (Lipinski definition) is 2. The van der Waals surface area contributed by atoms with Gasteiger partial charge in [0, 0.05) is 0 Å². The lowest BCUT2D eigenvalue weighted by molar-refractivity contribution is -0.0887. The zero-order valence-electron chi connectivity index (χ0n) is 9.22. The fraction of sp³-hybridized carbons (Fsp3) is 1.00. The van der Waals surface area contributed by atoms with Crippen LogP contribution >= 0.6 is 0 Å². The molecule has 0 aromatic heterocycles. The molecule has 0 spiro atoms. The Bertz CT molecular complexity index is 58.9. The fourth-order valence-electron chi connectivity index (χ4n) is 0.772. The highest BCUT2D eigenvalue weighted by molar-refractivity contribution is 4.56. The van der Waals surface area contributed by atoms with Gasteiger partial charge >= 0.3 is 0 Å². The first-order chi connectivity index (χ1) is 5.93. The molecule has 2 heteroatoms. The minimum absolute atomic E-state index is 0.365. The van der Waals surface area contributed by atoms with Gasteiger partial charge in [-0.1, -0.05) is 34.6 Å². The van der Waals surface area contributed by atoms with Gasteiger partial charge < -0.3 is 9.47 Å². The smallest absolute Gasteiger partial charge is 0.0807 e. The van der Waals surface area contributed by atoms with Crippen LogP contribution in [0.4, 0.5) is 0 Å². The van der Waals surface area contributed by atoms with Gasteiger partial charge in [-0.15, -0.1) is 0 Å². The van der Waals surface area contributed by atoms with Gasteiger partial charge in [0.25, 0.3) is 0 Å². The molecular formula is C10H24O2. The summed E-state index contributed by atoms with van der Waals surface area (Å²) in [5.41, 5.74) is 0. The molecule has 76 valence electrons. The molecule has 1 aliphatic rings. The summed E-state index contributed by atoms with van der Waals surface area (Å²) in [6, 6.07) is 0. The van der Waals surface area contributed by atoms with Gasteiger partial charge in [0.05, 0.1) is 25.9 Å². The average Bonchev–Trinajstić information content (AvgIpc) is 2.25. The molecule has 0 aromatic carbocycles. The van der Waals surface area contributed by atoms with Crippen LogP contribution in [-0.4, -0.2) is 25.9 Å². The summed E-state index contributed by atoms with van der Waals surface area (Å²) in [5.74, 6) is 0. The molecule has 1 heterocycles. The van der Waals surface area contributed by atoms with Gasteiger partial charge in [-0.2, -0.15) is 0 Å². The summed E-state index contributed by atoms with van der Waals surface area (Å²) in [5, 5.41) is 0. The van der Waals surface area contributed by atoms with E-state index in [9.17, 15) is 0 Å². The minimum Gasteiger partial charge on any atom is -0.376 e. The van der Waals surface area contributed by atoms with Gasteiger partial charge in [0.15, 0.2) is 0 Å². The Labute approximate surface area is 77.3 Å². The van der Waals surface area contributed by atoms with Crippen LogP contribution in [0.3, 0.4) is 0 Å². The zero-order valence-corrected chi connectivity index (χ0v) is 9.22. The molecule has 1 saturated heterocycles. The lowest BCUT2D eigenvalue weighted by atomic mass is 10.3. The van der Waals surface area contributed by atoms with Crippen molar-refractivity contribution in [1.29, 1.82) is 0 Å². The Morgan fingerprint density at radius 1 is 1.08 bits per heavy atom. The summed E-state index contributed by atoms with van der Waals surface area (Å²) in [6.45, 7) is 12.4. The lowest BCUT2D eigenvalue weighted by Crippen LogP contribution is -2.27. The number of hydrogen-bond donors (Lipinski definition) is 0. The van der Waals surface area contributed by atoms with Crippen LogP contribution in [0.15, 0.2) is 0 Å². The first-order valence-corrected chi connectivity index (χ1v) is 5.13. The van der Waals surface area contributed by atoms with E-state index in [1.807, 2.05) is 27.7 Å². The molecule has 1 rings (SSSR count). The molecule has 1 atom stereocenters. The van der Waals surface area contributed by atoms with Gasteiger partial charge in [0.2, 0.25) is 0 Å². The van der Waals surface area contributed by atoms with E-state index in [-0.39, 0.29) is 0 Å². The monoisotopic (exact) mass is 176 g/mol. The molecule has 12 heavy (non-hydrogen) atoms. The molecule has 1 fully saturated rings. The van der Waals surface area contributed by atoms with E-state index in [1.165, 1.54) is 0 Å². The van der Waals surface area contributed by atoms with Crippen molar-refractivity contribution in [2.24, 2.45) is 0 Å². The second-order valence-corrected chi connectivity index (χ2v) is 1.98. The van der Waals surface area contributed by atoms with Crippen LogP contribution in [0.5, 0.6) is 0 Å². The number of ether oxygens (including phenoxy) is 2. The van der Waals surface area contributed by atoms with Crippen LogP contribution < -0.4 is 0 Å². The first kappa shape index (κ1) is 14.4. The van der Waals surface area contributed by atoms with Crippen LogP contribution in [0.1, 0.15) is 41.0 Å².